The van der Waals surface area contributed by atoms with Crippen LogP contribution in [-0.4, -0.2) is 35.1 Å². The lowest BCUT2D eigenvalue weighted by molar-refractivity contribution is 0.422. The fourth-order valence-corrected chi connectivity index (χ4v) is 4.01. The molecule has 1 aliphatic heterocycles. The standard InChI is InChI=1S/C13H23N3S2/c1-13(2,3)14-7-10-8-18-12(15-10)16(4)11-5-6-17-9-11/h8,11,14H,5-7,9H2,1-4H3. The Morgan fingerprint density at radius 3 is 2.89 bits per heavy atom. The first-order chi connectivity index (χ1) is 8.46. The highest BCUT2D eigenvalue weighted by Crippen LogP contribution is 2.28. The molecule has 1 N–H and O–H groups in total. The summed E-state index contributed by atoms with van der Waals surface area (Å²) in [4.78, 5) is 7.08. The third kappa shape index (κ3) is 3.87. The maximum Gasteiger partial charge on any atom is 0.185 e. The van der Waals surface area contributed by atoms with Gasteiger partial charge in [-0.15, -0.1) is 11.3 Å². The minimum absolute atomic E-state index is 0.151. The molecule has 1 saturated heterocycles. The normalized spacial score (nSPS) is 20.3. The van der Waals surface area contributed by atoms with Crippen LogP contribution in [0.2, 0.25) is 0 Å². The van der Waals surface area contributed by atoms with E-state index in [1.807, 2.05) is 11.8 Å². The topological polar surface area (TPSA) is 28.2 Å². The Labute approximate surface area is 118 Å². The van der Waals surface area contributed by atoms with Crippen molar-refractivity contribution in [3.63, 3.8) is 0 Å². The van der Waals surface area contributed by atoms with Crippen LogP contribution in [0, 0.1) is 0 Å². The highest BCUT2D eigenvalue weighted by atomic mass is 32.2. The molecule has 0 saturated carbocycles. The van der Waals surface area contributed by atoms with Gasteiger partial charge in [-0.05, 0) is 32.9 Å². The summed E-state index contributed by atoms with van der Waals surface area (Å²) in [6, 6.07) is 0.671. The van der Waals surface area contributed by atoms with Crippen LogP contribution < -0.4 is 10.2 Å². The third-order valence-corrected chi connectivity index (χ3v) is 5.22. The van der Waals surface area contributed by atoms with Gasteiger partial charge >= 0.3 is 0 Å². The van der Waals surface area contributed by atoms with Crippen molar-refractivity contribution in [3.05, 3.63) is 11.1 Å². The largest absolute Gasteiger partial charge is 0.347 e. The van der Waals surface area contributed by atoms with E-state index in [1.54, 1.807) is 11.3 Å². The van der Waals surface area contributed by atoms with Crippen LogP contribution in [0.25, 0.3) is 0 Å². The van der Waals surface area contributed by atoms with Crippen molar-refractivity contribution >= 4 is 28.2 Å². The van der Waals surface area contributed by atoms with Crippen molar-refractivity contribution in [2.45, 2.75) is 45.3 Å². The smallest absolute Gasteiger partial charge is 0.185 e. The molecule has 2 rings (SSSR count). The Kier molecular flexibility index (Phi) is 4.56. The zero-order valence-corrected chi connectivity index (χ0v) is 13.3. The number of thioether (sulfide) groups is 1. The summed E-state index contributed by atoms with van der Waals surface area (Å²) in [5, 5.41) is 6.82. The molecule has 0 aromatic carbocycles. The van der Waals surface area contributed by atoms with Gasteiger partial charge in [-0.25, -0.2) is 4.98 Å². The molecule has 1 atom stereocenters. The summed E-state index contributed by atoms with van der Waals surface area (Å²) in [5.74, 6) is 2.53. The second-order valence-corrected chi connectivity index (χ2v) is 7.84. The quantitative estimate of drug-likeness (QED) is 0.920. The molecule has 18 heavy (non-hydrogen) atoms. The number of rotatable bonds is 4. The average Bonchev–Trinajstić information content (AvgIpc) is 2.96. The number of anilines is 1. The van der Waals surface area contributed by atoms with Gasteiger partial charge < -0.3 is 10.2 Å². The van der Waals surface area contributed by atoms with Crippen LogP contribution in [-0.2, 0) is 6.54 Å². The van der Waals surface area contributed by atoms with Crippen molar-refractivity contribution in [1.82, 2.24) is 10.3 Å². The van der Waals surface area contributed by atoms with Crippen LogP contribution in [0.3, 0.4) is 0 Å². The zero-order valence-electron chi connectivity index (χ0n) is 11.7. The van der Waals surface area contributed by atoms with E-state index in [4.69, 9.17) is 4.98 Å². The van der Waals surface area contributed by atoms with Gasteiger partial charge in [0.1, 0.15) is 0 Å². The molecular weight excluding hydrogens is 262 g/mol. The molecule has 0 radical (unpaired) electrons. The van der Waals surface area contributed by atoms with Crippen LogP contribution in [0.5, 0.6) is 0 Å². The highest BCUT2D eigenvalue weighted by Gasteiger charge is 2.22. The number of nitrogens with zero attached hydrogens (tertiary/aromatic N) is 2. The Bertz CT molecular complexity index is 378. The second kappa shape index (κ2) is 5.80. The number of thiazole rings is 1. The molecule has 1 aromatic rings. The molecule has 1 unspecified atom stereocenters. The molecule has 0 amide bonds. The van der Waals surface area contributed by atoms with Gasteiger partial charge in [-0.2, -0.15) is 11.8 Å². The first-order valence-corrected chi connectivity index (χ1v) is 8.49. The number of aromatic nitrogens is 1. The van der Waals surface area contributed by atoms with Gasteiger partial charge in [-0.3, -0.25) is 0 Å². The van der Waals surface area contributed by atoms with E-state index >= 15 is 0 Å². The number of nitrogens with one attached hydrogen (secondary N) is 1. The van der Waals surface area contributed by atoms with Crippen LogP contribution in [0.15, 0.2) is 5.38 Å². The molecule has 0 aliphatic carbocycles. The molecule has 102 valence electrons. The van der Waals surface area contributed by atoms with Crippen molar-refractivity contribution < 1.29 is 0 Å². The van der Waals surface area contributed by atoms with E-state index < -0.39 is 0 Å². The zero-order chi connectivity index (χ0) is 13.2. The highest BCUT2D eigenvalue weighted by molar-refractivity contribution is 7.99. The molecule has 1 aromatic heterocycles. The predicted molar refractivity (Wildman–Crippen MR) is 82.8 cm³/mol. The first-order valence-electron chi connectivity index (χ1n) is 6.46. The van der Waals surface area contributed by atoms with Gasteiger partial charge in [0, 0.05) is 36.3 Å². The Morgan fingerprint density at radius 2 is 2.28 bits per heavy atom. The summed E-state index contributed by atoms with van der Waals surface area (Å²) < 4.78 is 0. The molecule has 2 heterocycles. The molecule has 5 heteroatoms. The van der Waals surface area contributed by atoms with Crippen molar-refractivity contribution in [3.8, 4) is 0 Å². The van der Waals surface area contributed by atoms with Gasteiger partial charge in [-0.1, -0.05) is 0 Å². The summed E-state index contributed by atoms with van der Waals surface area (Å²) >= 11 is 3.81. The van der Waals surface area contributed by atoms with E-state index in [1.165, 1.54) is 17.9 Å². The van der Waals surface area contributed by atoms with Gasteiger partial charge in [0.2, 0.25) is 0 Å². The summed E-state index contributed by atoms with van der Waals surface area (Å²) in [6.45, 7) is 7.40. The lowest BCUT2D eigenvalue weighted by Crippen LogP contribution is -2.35. The fourth-order valence-electron chi connectivity index (χ4n) is 1.88. The van der Waals surface area contributed by atoms with Crippen LogP contribution in [0.1, 0.15) is 32.9 Å². The van der Waals surface area contributed by atoms with Crippen molar-refractivity contribution in [2.24, 2.45) is 0 Å². The van der Waals surface area contributed by atoms with Gasteiger partial charge in [0.15, 0.2) is 5.13 Å². The maximum atomic E-state index is 4.73. The number of hydrogen-bond acceptors (Lipinski definition) is 5. The Morgan fingerprint density at radius 1 is 1.50 bits per heavy atom. The summed E-state index contributed by atoms with van der Waals surface area (Å²) in [7, 11) is 2.18. The van der Waals surface area contributed by atoms with E-state index in [2.05, 4.69) is 43.4 Å². The third-order valence-electron chi connectivity index (χ3n) is 3.09. The second-order valence-electron chi connectivity index (χ2n) is 5.85. The number of hydrogen-bond donors (Lipinski definition) is 1. The first kappa shape index (κ1) is 14.2. The SMILES string of the molecule is CN(c1nc(CNC(C)(C)C)cs1)C1CCSC1. The van der Waals surface area contributed by atoms with Crippen LogP contribution in [0.4, 0.5) is 5.13 Å². The average molecular weight is 285 g/mol. The van der Waals surface area contributed by atoms with E-state index in [9.17, 15) is 0 Å². The molecule has 3 nitrogen and oxygen atoms in total. The molecular formula is C13H23N3S2. The van der Waals surface area contributed by atoms with E-state index in [-0.39, 0.29) is 5.54 Å². The van der Waals surface area contributed by atoms with Crippen LogP contribution >= 0.6 is 23.1 Å². The fraction of sp³-hybridized carbons (Fsp3) is 0.769. The Hall–Kier alpha value is -0.260. The summed E-state index contributed by atoms with van der Waals surface area (Å²) in [6.07, 6.45) is 1.29. The van der Waals surface area contributed by atoms with E-state index in [0.717, 1.165) is 17.4 Å². The predicted octanol–water partition coefficient (Wildman–Crippen LogP) is 2.97. The van der Waals surface area contributed by atoms with Gasteiger partial charge in [0.25, 0.3) is 0 Å². The minimum Gasteiger partial charge on any atom is -0.347 e. The monoisotopic (exact) mass is 285 g/mol. The molecule has 1 aliphatic rings. The minimum atomic E-state index is 0.151. The van der Waals surface area contributed by atoms with Crippen molar-refractivity contribution in [2.75, 3.05) is 23.5 Å². The summed E-state index contributed by atoms with van der Waals surface area (Å²) in [5.41, 5.74) is 1.31. The van der Waals surface area contributed by atoms with E-state index in [0.29, 0.717) is 6.04 Å². The Balaban J connectivity index is 1.92. The lowest BCUT2D eigenvalue weighted by Gasteiger charge is -2.23. The maximum absolute atomic E-state index is 4.73. The lowest BCUT2D eigenvalue weighted by atomic mass is 10.1. The molecule has 0 spiro atoms. The molecule has 1 fully saturated rings. The van der Waals surface area contributed by atoms with Crippen molar-refractivity contribution in [1.29, 1.82) is 0 Å². The molecule has 0 bridgehead atoms. The van der Waals surface area contributed by atoms with Gasteiger partial charge in [0.05, 0.1) is 5.69 Å².